The summed E-state index contributed by atoms with van der Waals surface area (Å²) in [5, 5.41) is 0. The van der Waals surface area contributed by atoms with Crippen LogP contribution >= 0.6 is 0 Å². The molecule has 8 heteroatoms. The highest BCUT2D eigenvalue weighted by molar-refractivity contribution is 5.56. The minimum atomic E-state index is -4.93. The van der Waals surface area contributed by atoms with Crippen LogP contribution in [0, 0.1) is 11.6 Å². The number of benzene rings is 2. The highest BCUT2D eigenvalue weighted by atomic mass is 19.4. The van der Waals surface area contributed by atoms with Gasteiger partial charge in [-0.25, -0.2) is 8.78 Å². The SMILES string of the molecule is Nc1c(F)cc(F)cc1Oc1ccccc1OC(F)(F)F. The molecular weight excluding hydrogens is 297 g/mol. The zero-order valence-electron chi connectivity index (χ0n) is 10.2. The Balaban J connectivity index is 2.36. The van der Waals surface area contributed by atoms with Crippen LogP contribution in [0.15, 0.2) is 36.4 Å². The number of alkyl halides is 3. The third-order valence-electron chi connectivity index (χ3n) is 2.35. The van der Waals surface area contributed by atoms with Crippen LogP contribution in [0.5, 0.6) is 17.2 Å². The molecule has 0 fully saturated rings. The average Bonchev–Trinajstić information content (AvgIpc) is 2.36. The number of halogens is 5. The van der Waals surface area contributed by atoms with E-state index in [1.807, 2.05) is 0 Å². The average molecular weight is 305 g/mol. The Hall–Kier alpha value is -2.51. The van der Waals surface area contributed by atoms with Crippen molar-refractivity contribution in [1.29, 1.82) is 0 Å². The van der Waals surface area contributed by atoms with E-state index in [-0.39, 0.29) is 5.75 Å². The number of ether oxygens (including phenoxy) is 2. The number of nitrogen functional groups attached to an aromatic ring is 1. The largest absolute Gasteiger partial charge is 0.573 e. The van der Waals surface area contributed by atoms with Crippen molar-refractivity contribution in [3.05, 3.63) is 48.0 Å². The van der Waals surface area contributed by atoms with Gasteiger partial charge in [0.2, 0.25) is 0 Å². The molecule has 0 bridgehead atoms. The summed E-state index contributed by atoms with van der Waals surface area (Å²) >= 11 is 0. The normalized spacial score (nSPS) is 11.3. The molecule has 0 saturated carbocycles. The topological polar surface area (TPSA) is 44.5 Å². The van der Waals surface area contributed by atoms with Crippen molar-refractivity contribution in [3.63, 3.8) is 0 Å². The molecule has 2 rings (SSSR count). The molecule has 0 atom stereocenters. The number of hydrogen-bond donors (Lipinski definition) is 1. The van der Waals surface area contributed by atoms with Gasteiger partial charge in [0.1, 0.15) is 11.5 Å². The Morgan fingerprint density at radius 3 is 2.14 bits per heavy atom. The van der Waals surface area contributed by atoms with Crippen LogP contribution in [0.25, 0.3) is 0 Å². The van der Waals surface area contributed by atoms with E-state index in [1.54, 1.807) is 0 Å². The fourth-order valence-electron chi connectivity index (χ4n) is 1.51. The van der Waals surface area contributed by atoms with Crippen LogP contribution in [-0.2, 0) is 0 Å². The molecule has 0 aliphatic heterocycles. The maximum absolute atomic E-state index is 13.3. The maximum atomic E-state index is 13.3. The summed E-state index contributed by atoms with van der Waals surface area (Å²) in [7, 11) is 0. The maximum Gasteiger partial charge on any atom is 0.573 e. The van der Waals surface area contributed by atoms with E-state index in [9.17, 15) is 22.0 Å². The van der Waals surface area contributed by atoms with Crippen molar-refractivity contribution in [2.45, 2.75) is 6.36 Å². The van der Waals surface area contributed by atoms with E-state index in [1.165, 1.54) is 12.1 Å². The van der Waals surface area contributed by atoms with Crippen molar-refractivity contribution in [1.82, 2.24) is 0 Å². The fourth-order valence-corrected chi connectivity index (χ4v) is 1.51. The van der Waals surface area contributed by atoms with Crippen molar-refractivity contribution in [2.75, 3.05) is 5.73 Å². The van der Waals surface area contributed by atoms with Gasteiger partial charge in [-0.2, -0.15) is 0 Å². The second-order valence-corrected chi connectivity index (χ2v) is 3.90. The monoisotopic (exact) mass is 305 g/mol. The number of rotatable bonds is 3. The number of para-hydroxylation sites is 2. The van der Waals surface area contributed by atoms with Gasteiger partial charge in [-0.1, -0.05) is 12.1 Å². The van der Waals surface area contributed by atoms with Crippen molar-refractivity contribution in [3.8, 4) is 17.2 Å². The predicted molar refractivity (Wildman–Crippen MR) is 64.0 cm³/mol. The highest BCUT2D eigenvalue weighted by Gasteiger charge is 2.32. The molecule has 21 heavy (non-hydrogen) atoms. The second-order valence-electron chi connectivity index (χ2n) is 3.90. The molecule has 2 aromatic carbocycles. The lowest BCUT2D eigenvalue weighted by molar-refractivity contribution is -0.275. The van der Waals surface area contributed by atoms with Gasteiger partial charge in [-0.05, 0) is 12.1 Å². The molecule has 0 radical (unpaired) electrons. The molecular formula is C13H8F5NO2. The van der Waals surface area contributed by atoms with Gasteiger partial charge in [0.15, 0.2) is 23.1 Å². The molecule has 112 valence electrons. The summed E-state index contributed by atoms with van der Waals surface area (Å²) < 4.78 is 71.9. The van der Waals surface area contributed by atoms with Crippen LogP contribution < -0.4 is 15.2 Å². The van der Waals surface area contributed by atoms with E-state index < -0.39 is 35.2 Å². The van der Waals surface area contributed by atoms with E-state index >= 15 is 0 Å². The van der Waals surface area contributed by atoms with E-state index in [4.69, 9.17) is 10.5 Å². The Morgan fingerprint density at radius 1 is 0.905 bits per heavy atom. The van der Waals surface area contributed by atoms with E-state index in [2.05, 4.69) is 4.74 Å². The van der Waals surface area contributed by atoms with Gasteiger partial charge in [-0.15, -0.1) is 13.2 Å². The van der Waals surface area contributed by atoms with Crippen molar-refractivity contribution in [2.24, 2.45) is 0 Å². The third-order valence-corrected chi connectivity index (χ3v) is 2.35. The van der Waals surface area contributed by atoms with Crippen LogP contribution in [-0.4, -0.2) is 6.36 Å². The number of nitrogens with two attached hydrogens (primary N) is 1. The van der Waals surface area contributed by atoms with Crippen LogP contribution in [0.4, 0.5) is 27.6 Å². The number of hydrogen-bond acceptors (Lipinski definition) is 3. The van der Waals surface area contributed by atoms with Gasteiger partial charge < -0.3 is 15.2 Å². The summed E-state index contributed by atoms with van der Waals surface area (Å²) in [5.41, 5.74) is 4.82. The zero-order valence-corrected chi connectivity index (χ0v) is 10.2. The smallest absolute Gasteiger partial charge is 0.451 e. The van der Waals surface area contributed by atoms with Crippen LogP contribution in [0.3, 0.4) is 0 Å². The van der Waals surface area contributed by atoms with E-state index in [0.717, 1.165) is 18.2 Å². The molecule has 0 aliphatic rings. The summed E-state index contributed by atoms with van der Waals surface area (Å²) in [5.74, 6) is -3.56. The summed E-state index contributed by atoms with van der Waals surface area (Å²) in [6.45, 7) is 0. The molecule has 2 N–H and O–H groups in total. The first kappa shape index (κ1) is 14.9. The Kier molecular flexibility index (Phi) is 3.88. The first-order chi connectivity index (χ1) is 9.76. The van der Waals surface area contributed by atoms with Gasteiger partial charge in [0, 0.05) is 12.1 Å². The lowest BCUT2D eigenvalue weighted by Crippen LogP contribution is -2.17. The lowest BCUT2D eigenvalue weighted by Gasteiger charge is -2.14. The molecule has 0 amide bonds. The summed E-state index contributed by atoms with van der Waals surface area (Å²) in [6, 6.07) is 6.06. The second kappa shape index (κ2) is 5.47. The van der Waals surface area contributed by atoms with Gasteiger partial charge >= 0.3 is 6.36 Å². The summed E-state index contributed by atoms with van der Waals surface area (Å²) in [6.07, 6.45) is -4.93. The molecule has 3 nitrogen and oxygen atoms in total. The first-order valence-corrected chi connectivity index (χ1v) is 5.53. The molecule has 0 aliphatic carbocycles. The zero-order chi connectivity index (χ0) is 15.6. The minimum Gasteiger partial charge on any atom is -0.451 e. The van der Waals surface area contributed by atoms with Crippen molar-refractivity contribution >= 4 is 5.69 Å². The quantitative estimate of drug-likeness (QED) is 0.681. The Bertz CT molecular complexity index is 657. The number of anilines is 1. The van der Waals surface area contributed by atoms with Gasteiger partial charge in [0.25, 0.3) is 0 Å². The van der Waals surface area contributed by atoms with Crippen molar-refractivity contribution < 1.29 is 31.4 Å². The minimum absolute atomic E-state index is 0.383. The van der Waals surface area contributed by atoms with Crippen LogP contribution in [0.1, 0.15) is 0 Å². The summed E-state index contributed by atoms with van der Waals surface area (Å²) in [4.78, 5) is 0. The van der Waals surface area contributed by atoms with E-state index in [0.29, 0.717) is 6.07 Å². The Labute approximate surface area is 115 Å². The molecule has 0 aromatic heterocycles. The molecule has 0 saturated heterocycles. The first-order valence-electron chi connectivity index (χ1n) is 5.53. The third kappa shape index (κ3) is 3.74. The molecule has 0 heterocycles. The molecule has 0 unspecified atom stereocenters. The molecule has 0 spiro atoms. The highest BCUT2D eigenvalue weighted by Crippen LogP contribution is 2.37. The lowest BCUT2D eigenvalue weighted by atomic mass is 10.2. The van der Waals surface area contributed by atoms with Gasteiger partial charge in [0.05, 0.1) is 0 Å². The molecule has 2 aromatic rings. The standard InChI is InChI=1S/C13H8F5NO2/c14-7-5-8(15)12(19)11(6-7)20-9-3-1-2-4-10(9)21-13(16,17)18/h1-6H,19H2. The Morgan fingerprint density at radius 2 is 1.52 bits per heavy atom. The fraction of sp³-hybridized carbons (Fsp3) is 0.0769. The predicted octanol–water partition coefficient (Wildman–Crippen LogP) is 4.24. The van der Waals surface area contributed by atoms with Crippen LogP contribution in [0.2, 0.25) is 0 Å². The van der Waals surface area contributed by atoms with Gasteiger partial charge in [-0.3, -0.25) is 0 Å².